The number of hydrogen-bond donors (Lipinski definition) is 2. The van der Waals surface area contributed by atoms with E-state index in [4.69, 9.17) is 20.3 Å². The highest BCUT2D eigenvalue weighted by Gasteiger charge is 2.23. The standard InChI is InChI=1S/C11H16N2O5.ClH/c1-17-10-5-7(8(12)3-4-14)9(13(15)16)6-11(10)18-2;/h5-6,8,14H,3-4,12H2,1-2H3;1H/t8-;/m0./s1. The van der Waals surface area contributed by atoms with Gasteiger partial charge in [-0.25, -0.2) is 0 Å². The van der Waals surface area contributed by atoms with E-state index in [2.05, 4.69) is 0 Å². The molecule has 0 aliphatic rings. The van der Waals surface area contributed by atoms with Crippen molar-refractivity contribution in [3.8, 4) is 11.5 Å². The second-order valence-corrected chi connectivity index (χ2v) is 3.64. The lowest BCUT2D eigenvalue weighted by atomic mass is 10.0. The quantitative estimate of drug-likeness (QED) is 0.606. The summed E-state index contributed by atoms with van der Waals surface area (Å²) in [6.07, 6.45) is 0.232. The molecule has 0 fully saturated rings. The largest absolute Gasteiger partial charge is 0.493 e. The van der Waals surface area contributed by atoms with Gasteiger partial charge in [0.1, 0.15) is 0 Å². The summed E-state index contributed by atoms with van der Waals surface area (Å²) in [6, 6.07) is 2.11. The first-order valence-electron chi connectivity index (χ1n) is 5.31. The number of methoxy groups -OCH3 is 2. The highest BCUT2D eigenvalue weighted by atomic mass is 35.5. The van der Waals surface area contributed by atoms with Crippen LogP contribution in [0.2, 0.25) is 0 Å². The molecule has 1 rings (SSSR count). The molecule has 8 heteroatoms. The summed E-state index contributed by atoms with van der Waals surface area (Å²) in [5, 5.41) is 19.8. The van der Waals surface area contributed by atoms with Crippen LogP contribution in [0.25, 0.3) is 0 Å². The second-order valence-electron chi connectivity index (χ2n) is 3.64. The Morgan fingerprint density at radius 2 is 1.89 bits per heavy atom. The Kier molecular flexibility index (Phi) is 7.13. The van der Waals surface area contributed by atoms with Crippen molar-refractivity contribution in [2.24, 2.45) is 5.73 Å². The minimum atomic E-state index is -0.629. The number of hydrogen-bond acceptors (Lipinski definition) is 6. The Hall–Kier alpha value is -1.57. The van der Waals surface area contributed by atoms with Gasteiger partial charge in [0.15, 0.2) is 11.5 Å². The maximum atomic E-state index is 11.0. The number of rotatable bonds is 6. The van der Waals surface area contributed by atoms with E-state index in [9.17, 15) is 10.1 Å². The zero-order valence-electron chi connectivity index (χ0n) is 10.7. The first-order chi connectivity index (χ1) is 8.54. The van der Waals surface area contributed by atoms with E-state index in [-0.39, 0.29) is 36.9 Å². The number of halogens is 1. The smallest absolute Gasteiger partial charge is 0.278 e. The van der Waals surface area contributed by atoms with Crippen LogP contribution in [0.15, 0.2) is 12.1 Å². The first kappa shape index (κ1) is 17.4. The summed E-state index contributed by atoms with van der Waals surface area (Å²) in [7, 11) is 2.83. The van der Waals surface area contributed by atoms with E-state index in [0.717, 1.165) is 0 Å². The van der Waals surface area contributed by atoms with Crippen molar-refractivity contribution < 1.29 is 19.5 Å². The van der Waals surface area contributed by atoms with E-state index < -0.39 is 11.0 Å². The number of benzene rings is 1. The van der Waals surface area contributed by atoms with Gasteiger partial charge in [0.25, 0.3) is 5.69 Å². The monoisotopic (exact) mass is 292 g/mol. The topological polar surface area (TPSA) is 108 Å². The van der Waals surface area contributed by atoms with Crippen molar-refractivity contribution in [3.63, 3.8) is 0 Å². The number of nitrogens with zero attached hydrogens (tertiary/aromatic N) is 1. The highest BCUT2D eigenvalue weighted by molar-refractivity contribution is 5.85. The van der Waals surface area contributed by atoms with Crippen LogP contribution in [0.4, 0.5) is 5.69 Å². The van der Waals surface area contributed by atoms with E-state index in [1.807, 2.05) is 0 Å². The van der Waals surface area contributed by atoms with Gasteiger partial charge in [0, 0.05) is 12.6 Å². The van der Waals surface area contributed by atoms with Gasteiger partial charge >= 0.3 is 0 Å². The number of nitrogens with two attached hydrogens (primary N) is 1. The number of nitro groups is 1. The van der Waals surface area contributed by atoms with Crippen LogP contribution in [-0.2, 0) is 0 Å². The summed E-state index contributed by atoms with van der Waals surface area (Å²) < 4.78 is 10.1. The molecule has 0 spiro atoms. The predicted molar refractivity (Wildman–Crippen MR) is 72.1 cm³/mol. The van der Waals surface area contributed by atoms with Gasteiger partial charge in [-0.2, -0.15) is 0 Å². The molecule has 0 saturated heterocycles. The number of aliphatic hydroxyl groups excluding tert-OH is 1. The van der Waals surface area contributed by atoms with Crippen molar-refractivity contribution in [2.75, 3.05) is 20.8 Å². The molecule has 0 heterocycles. The molecule has 108 valence electrons. The van der Waals surface area contributed by atoms with E-state index in [1.165, 1.54) is 26.4 Å². The zero-order chi connectivity index (χ0) is 13.7. The average Bonchev–Trinajstić information content (AvgIpc) is 2.37. The van der Waals surface area contributed by atoms with Crippen molar-refractivity contribution >= 4 is 18.1 Å². The molecule has 19 heavy (non-hydrogen) atoms. The molecule has 3 N–H and O–H groups in total. The van der Waals surface area contributed by atoms with Gasteiger partial charge < -0.3 is 20.3 Å². The zero-order valence-corrected chi connectivity index (χ0v) is 11.5. The lowest BCUT2D eigenvalue weighted by Gasteiger charge is -2.14. The minimum Gasteiger partial charge on any atom is -0.493 e. The van der Waals surface area contributed by atoms with Gasteiger partial charge in [0.05, 0.1) is 30.8 Å². The summed E-state index contributed by atoms with van der Waals surface area (Å²) in [5.74, 6) is 0.635. The van der Waals surface area contributed by atoms with Gasteiger partial charge in [0.2, 0.25) is 0 Å². The molecule has 0 bridgehead atoms. The third-order valence-corrected chi connectivity index (χ3v) is 2.57. The normalized spacial score (nSPS) is 11.4. The molecule has 0 aliphatic carbocycles. The molecule has 1 atom stereocenters. The van der Waals surface area contributed by atoms with Gasteiger partial charge in [-0.05, 0) is 12.5 Å². The fraction of sp³-hybridized carbons (Fsp3) is 0.455. The summed E-state index contributed by atoms with van der Waals surface area (Å²) in [4.78, 5) is 10.5. The van der Waals surface area contributed by atoms with Crippen LogP contribution >= 0.6 is 12.4 Å². The van der Waals surface area contributed by atoms with Crippen LogP contribution < -0.4 is 15.2 Å². The SMILES string of the molecule is COc1cc([C@@H](N)CCO)c([N+](=O)[O-])cc1OC.Cl. The maximum Gasteiger partial charge on any atom is 0.278 e. The Morgan fingerprint density at radius 1 is 1.37 bits per heavy atom. The van der Waals surface area contributed by atoms with Crippen LogP contribution in [0.5, 0.6) is 11.5 Å². The third-order valence-electron chi connectivity index (χ3n) is 2.57. The average molecular weight is 293 g/mol. The van der Waals surface area contributed by atoms with E-state index in [0.29, 0.717) is 11.3 Å². The van der Waals surface area contributed by atoms with Crippen LogP contribution in [0.1, 0.15) is 18.0 Å². The lowest BCUT2D eigenvalue weighted by molar-refractivity contribution is -0.385. The highest BCUT2D eigenvalue weighted by Crippen LogP contribution is 2.37. The number of ether oxygens (including phenoxy) is 2. The molecule has 1 aromatic rings. The molecule has 1 aromatic carbocycles. The molecule has 0 radical (unpaired) electrons. The van der Waals surface area contributed by atoms with Crippen molar-refractivity contribution in [1.29, 1.82) is 0 Å². The fourth-order valence-electron chi connectivity index (χ4n) is 1.63. The number of nitro benzene ring substituents is 1. The molecule has 0 amide bonds. The summed E-state index contributed by atoms with van der Waals surface area (Å²) >= 11 is 0. The minimum absolute atomic E-state index is 0. The Morgan fingerprint density at radius 3 is 2.32 bits per heavy atom. The maximum absolute atomic E-state index is 11.0. The first-order valence-corrected chi connectivity index (χ1v) is 5.31. The molecule has 0 saturated carbocycles. The lowest BCUT2D eigenvalue weighted by Crippen LogP contribution is -2.14. The third kappa shape index (κ3) is 3.95. The Labute approximate surface area is 116 Å². The Balaban J connectivity index is 0.00000324. The molecular formula is C11H17ClN2O5. The van der Waals surface area contributed by atoms with Gasteiger partial charge in [-0.3, -0.25) is 10.1 Å². The van der Waals surface area contributed by atoms with E-state index in [1.54, 1.807) is 0 Å². The van der Waals surface area contributed by atoms with Crippen molar-refractivity contribution in [3.05, 3.63) is 27.8 Å². The van der Waals surface area contributed by atoms with Crippen LogP contribution in [-0.4, -0.2) is 30.9 Å². The molecule has 7 nitrogen and oxygen atoms in total. The van der Waals surface area contributed by atoms with Gasteiger partial charge in [-0.1, -0.05) is 0 Å². The molecular weight excluding hydrogens is 276 g/mol. The van der Waals surface area contributed by atoms with Gasteiger partial charge in [-0.15, -0.1) is 12.4 Å². The van der Waals surface area contributed by atoms with Crippen LogP contribution in [0.3, 0.4) is 0 Å². The Bertz CT molecular complexity index is 441. The van der Waals surface area contributed by atoms with Crippen LogP contribution in [0, 0.1) is 10.1 Å². The molecule has 0 aliphatic heterocycles. The number of aliphatic hydroxyl groups is 1. The fourth-order valence-corrected chi connectivity index (χ4v) is 1.63. The van der Waals surface area contributed by atoms with Crippen molar-refractivity contribution in [1.82, 2.24) is 0 Å². The summed E-state index contributed by atoms with van der Waals surface area (Å²) in [5.41, 5.74) is 5.97. The van der Waals surface area contributed by atoms with Crippen molar-refractivity contribution in [2.45, 2.75) is 12.5 Å². The molecule has 0 unspecified atom stereocenters. The van der Waals surface area contributed by atoms with E-state index >= 15 is 0 Å². The second kappa shape index (κ2) is 7.78. The summed E-state index contributed by atoms with van der Waals surface area (Å²) in [6.45, 7) is -0.146. The molecule has 0 aromatic heterocycles. The predicted octanol–water partition coefficient (Wildman–Crippen LogP) is 1.42.